The van der Waals surface area contributed by atoms with Crippen molar-refractivity contribution in [2.75, 3.05) is 31.1 Å². The highest BCUT2D eigenvalue weighted by Crippen LogP contribution is 2.29. The molecule has 4 rings (SSSR count). The molecular weight excluding hydrogens is 389 g/mol. The Morgan fingerprint density at radius 2 is 1.93 bits per heavy atom. The van der Waals surface area contributed by atoms with Crippen LogP contribution >= 0.6 is 22.9 Å². The summed E-state index contributed by atoms with van der Waals surface area (Å²) in [7, 11) is 0. The van der Waals surface area contributed by atoms with E-state index in [-0.39, 0.29) is 23.3 Å². The highest BCUT2D eigenvalue weighted by molar-refractivity contribution is 7.09. The summed E-state index contributed by atoms with van der Waals surface area (Å²) in [6.45, 7) is 4.12. The maximum absolute atomic E-state index is 13.4. The predicted molar refractivity (Wildman–Crippen MR) is 103 cm³/mol. The Bertz CT molecular complexity index is 853. The first-order chi connectivity index (χ1) is 13.0. The predicted octanol–water partition coefficient (Wildman–Crippen LogP) is 2.99. The largest absolute Gasteiger partial charge is 0.296 e. The van der Waals surface area contributed by atoms with Crippen molar-refractivity contribution in [3.05, 3.63) is 51.4 Å². The fourth-order valence-corrected chi connectivity index (χ4v) is 4.57. The second-order valence-electron chi connectivity index (χ2n) is 6.78. The molecule has 2 aromatic rings. The normalized spacial score (nSPS) is 22.0. The van der Waals surface area contributed by atoms with Crippen molar-refractivity contribution < 1.29 is 14.0 Å². The van der Waals surface area contributed by atoms with E-state index in [0.29, 0.717) is 5.69 Å². The Kier molecular flexibility index (Phi) is 5.27. The number of carbonyl (C=O) groups is 2. The fourth-order valence-electron chi connectivity index (χ4n) is 3.65. The van der Waals surface area contributed by atoms with Crippen molar-refractivity contribution in [2.45, 2.75) is 19.0 Å². The van der Waals surface area contributed by atoms with E-state index in [9.17, 15) is 14.0 Å². The van der Waals surface area contributed by atoms with E-state index < -0.39 is 11.9 Å². The van der Waals surface area contributed by atoms with E-state index in [0.717, 1.165) is 37.6 Å². The van der Waals surface area contributed by atoms with E-state index in [1.807, 2.05) is 0 Å². The van der Waals surface area contributed by atoms with Gasteiger partial charge in [-0.3, -0.25) is 19.4 Å². The average molecular weight is 408 g/mol. The second-order valence-corrected chi connectivity index (χ2v) is 8.22. The zero-order chi connectivity index (χ0) is 19.0. The van der Waals surface area contributed by atoms with Gasteiger partial charge in [-0.25, -0.2) is 9.29 Å². The molecule has 0 aliphatic carbocycles. The maximum Gasteiger partial charge on any atom is 0.251 e. The molecule has 0 N–H and O–H groups in total. The molecule has 8 heteroatoms. The molecule has 27 heavy (non-hydrogen) atoms. The van der Waals surface area contributed by atoms with Crippen LogP contribution in [0.15, 0.2) is 35.7 Å². The molecule has 142 valence electrons. The van der Waals surface area contributed by atoms with E-state index in [1.54, 1.807) is 11.3 Å². The molecule has 1 aromatic heterocycles. The molecule has 2 amide bonds. The van der Waals surface area contributed by atoms with Crippen molar-refractivity contribution in [3.63, 3.8) is 0 Å². The zero-order valence-electron chi connectivity index (χ0n) is 14.6. The Morgan fingerprint density at radius 3 is 2.59 bits per heavy atom. The van der Waals surface area contributed by atoms with E-state index in [4.69, 9.17) is 11.6 Å². The molecule has 0 saturated carbocycles. The third kappa shape index (κ3) is 3.78. The van der Waals surface area contributed by atoms with Gasteiger partial charge in [0.05, 0.1) is 23.2 Å². The lowest BCUT2D eigenvalue weighted by Crippen LogP contribution is -2.52. The number of amides is 2. The number of piperazine rings is 1. The summed E-state index contributed by atoms with van der Waals surface area (Å²) in [6.07, 6.45) is 0.152. The van der Waals surface area contributed by atoms with Gasteiger partial charge in [0.1, 0.15) is 5.82 Å². The molecular formula is C19H19ClFN3O2S. The molecule has 5 nitrogen and oxygen atoms in total. The Morgan fingerprint density at radius 1 is 1.15 bits per heavy atom. The number of imide groups is 1. The molecule has 0 spiro atoms. The van der Waals surface area contributed by atoms with Gasteiger partial charge in [-0.15, -0.1) is 11.3 Å². The van der Waals surface area contributed by atoms with Gasteiger partial charge in [0.25, 0.3) is 5.91 Å². The van der Waals surface area contributed by atoms with Crippen molar-refractivity contribution in [1.29, 1.82) is 0 Å². The second kappa shape index (κ2) is 7.67. The maximum atomic E-state index is 13.4. The third-order valence-electron chi connectivity index (χ3n) is 5.09. The summed E-state index contributed by atoms with van der Waals surface area (Å²) in [5, 5.41) is 1.98. The van der Waals surface area contributed by atoms with Gasteiger partial charge in [0.2, 0.25) is 5.91 Å². The van der Waals surface area contributed by atoms with Gasteiger partial charge in [-0.2, -0.15) is 0 Å². The van der Waals surface area contributed by atoms with Gasteiger partial charge < -0.3 is 0 Å². The molecule has 1 atom stereocenters. The van der Waals surface area contributed by atoms with E-state index >= 15 is 0 Å². The van der Waals surface area contributed by atoms with Gasteiger partial charge in [-0.1, -0.05) is 17.7 Å². The quantitative estimate of drug-likeness (QED) is 0.731. The van der Waals surface area contributed by atoms with Crippen LogP contribution in [0.1, 0.15) is 11.3 Å². The lowest BCUT2D eigenvalue weighted by molar-refractivity contribution is -0.123. The molecule has 0 bridgehead atoms. The van der Waals surface area contributed by atoms with Crippen molar-refractivity contribution in [2.24, 2.45) is 0 Å². The summed E-state index contributed by atoms with van der Waals surface area (Å²) >= 11 is 7.55. The first kappa shape index (κ1) is 18.6. The van der Waals surface area contributed by atoms with Crippen LogP contribution in [0.25, 0.3) is 0 Å². The minimum atomic E-state index is -0.571. The van der Waals surface area contributed by atoms with Crippen LogP contribution < -0.4 is 4.90 Å². The van der Waals surface area contributed by atoms with Gasteiger partial charge in [0, 0.05) is 37.6 Å². The number of rotatable bonds is 4. The highest BCUT2D eigenvalue weighted by atomic mass is 35.5. The minimum absolute atomic E-state index is 0.0984. The van der Waals surface area contributed by atoms with Crippen LogP contribution in [-0.4, -0.2) is 53.8 Å². The minimum Gasteiger partial charge on any atom is -0.296 e. The molecule has 2 aliphatic heterocycles. The molecule has 2 fully saturated rings. The smallest absolute Gasteiger partial charge is 0.251 e. The Labute approximate surface area is 165 Å². The van der Waals surface area contributed by atoms with Crippen molar-refractivity contribution in [1.82, 2.24) is 9.80 Å². The Balaban J connectivity index is 1.41. The number of hydrogen-bond acceptors (Lipinski definition) is 5. The average Bonchev–Trinajstić information content (AvgIpc) is 3.26. The fraction of sp³-hybridized carbons (Fsp3) is 0.368. The van der Waals surface area contributed by atoms with Crippen LogP contribution in [0.3, 0.4) is 0 Å². The molecule has 1 aromatic carbocycles. The van der Waals surface area contributed by atoms with E-state index in [2.05, 4.69) is 27.3 Å². The van der Waals surface area contributed by atoms with E-state index in [1.165, 1.54) is 23.1 Å². The number of benzene rings is 1. The van der Waals surface area contributed by atoms with Gasteiger partial charge >= 0.3 is 0 Å². The summed E-state index contributed by atoms with van der Waals surface area (Å²) in [5.41, 5.74) is 0.329. The summed E-state index contributed by atoms with van der Waals surface area (Å²) in [4.78, 5) is 32.2. The molecule has 0 unspecified atom stereocenters. The topological polar surface area (TPSA) is 43.9 Å². The zero-order valence-corrected chi connectivity index (χ0v) is 16.2. The standard InChI is InChI=1S/C19H19ClFN3O2S/c20-15-10-13(3-4-16(15)21)24-18(25)11-17(19(24)26)23-7-5-22(6-8-23)12-14-2-1-9-27-14/h1-4,9-10,17H,5-8,11-12H2/t17-/m1/s1. The van der Waals surface area contributed by atoms with Gasteiger partial charge in [-0.05, 0) is 29.6 Å². The van der Waals surface area contributed by atoms with Gasteiger partial charge in [0.15, 0.2) is 0 Å². The number of anilines is 1. The number of halogens is 2. The van der Waals surface area contributed by atoms with Crippen molar-refractivity contribution in [3.8, 4) is 0 Å². The lowest BCUT2D eigenvalue weighted by atomic mass is 10.1. The number of hydrogen-bond donors (Lipinski definition) is 0. The first-order valence-electron chi connectivity index (χ1n) is 8.83. The SMILES string of the molecule is O=C1C[C@@H](N2CCN(Cc3cccs3)CC2)C(=O)N1c1ccc(F)c(Cl)c1. The number of carbonyl (C=O) groups excluding carboxylic acids is 2. The Hall–Kier alpha value is -1.80. The summed E-state index contributed by atoms with van der Waals surface area (Å²) in [6, 6.07) is 7.64. The highest BCUT2D eigenvalue weighted by Gasteiger charge is 2.43. The molecule has 2 aliphatic rings. The van der Waals surface area contributed by atoms with Crippen molar-refractivity contribution >= 4 is 40.4 Å². The summed E-state index contributed by atoms with van der Waals surface area (Å²) < 4.78 is 13.4. The third-order valence-corrected chi connectivity index (χ3v) is 6.24. The first-order valence-corrected chi connectivity index (χ1v) is 10.1. The van der Waals surface area contributed by atoms with Crippen LogP contribution in [-0.2, 0) is 16.1 Å². The monoisotopic (exact) mass is 407 g/mol. The number of thiophene rings is 1. The van der Waals surface area contributed by atoms with Crippen LogP contribution in [0.5, 0.6) is 0 Å². The van der Waals surface area contributed by atoms with Crippen LogP contribution in [0, 0.1) is 5.82 Å². The molecule has 0 radical (unpaired) electrons. The number of nitrogens with zero attached hydrogens (tertiary/aromatic N) is 3. The lowest BCUT2D eigenvalue weighted by Gasteiger charge is -2.36. The van der Waals surface area contributed by atoms with Crippen LogP contribution in [0.4, 0.5) is 10.1 Å². The summed E-state index contributed by atoms with van der Waals surface area (Å²) in [5.74, 6) is -1.10. The molecule has 3 heterocycles. The van der Waals surface area contributed by atoms with Crippen LogP contribution in [0.2, 0.25) is 5.02 Å². The molecule has 2 saturated heterocycles.